The van der Waals surface area contributed by atoms with Crippen LogP contribution in [0.4, 0.5) is 11.4 Å². The second-order valence-corrected chi connectivity index (χ2v) is 4.82. The molecule has 0 saturated carbocycles. The molecule has 1 N–H and O–H groups in total. The van der Waals surface area contributed by atoms with Gasteiger partial charge in [-0.15, -0.1) is 0 Å². The van der Waals surface area contributed by atoms with Gasteiger partial charge in [-0.3, -0.25) is 4.79 Å². The van der Waals surface area contributed by atoms with Crippen molar-refractivity contribution in [1.29, 1.82) is 0 Å². The summed E-state index contributed by atoms with van der Waals surface area (Å²) in [5.41, 5.74) is 2.12. The summed E-state index contributed by atoms with van der Waals surface area (Å²) in [5, 5.41) is 3.00. The van der Waals surface area contributed by atoms with Gasteiger partial charge in [-0.05, 0) is 25.0 Å². The highest BCUT2D eigenvalue weighted by Crippen LogP contribution is 2.27. The van der Waals surface area contributed by atoms with E-state index in [0.717, 1.165) is 18.8 Å². The number of benzene rings is 1. The number of nitrogens with one attached hydrogen (secondary N) is 1. The van der Waals surface area contributed by atoms with Crippen LogP contribution in [0.2, 0.25) is 0 Å². The van der Waals surface area contributed by atoms with Crippen LogP contribution in [0.3, 0.4) is 0 Å². The summed E-state index contributed by atoms with van der Waals surface area (Å²) in [6.07, 6.45) is 5.65. The molecule has 0 aromatic heterocycles. The van der Waals surface area contributed by atoms with E-state index in [1.54, 1.807) is 0 Å². The molecule has 1 aliphatic heterocycles. The fraction of sp³-hybridized carbons (Fsp3) is 0.533. The molecule has 1 heterocycles. The molecule has 2 rings (SSSR count). The highest BCUT2D eigenvalue weighted by molar-refractivity contribution is 5.94. The summed E-state index contributed by atoms with van der Waals surface area (Å²) in [4.78, 5) is 14.0. The first-order valence-corrected chi connectivity index (χ1v) is 6.95. The van der Waals surface area contributed by atoms with E-state index in [4.69, 9.17) is 0 Å². The van der Waals surface area contributed by atoms with Crippen LogP contribution in [0.1, 0.15) is 39.0 Å². The lowest BCUT2D eigenvalue weighted by Crippen LogP contribution is -2.25. The second kappa shape index (κ2) is 6.43. The average Bonchev–Trinajstić information content (AvgIpc) is 2.68. The van der Waals surface area contributed by atoms with Gasteiger partial charge in [0.15, 0.2) is 0 Å². The molecule has 1 fully saturated rings. The van der Waals surface area contributed by atoms with Crippen molar-refractivity contribution < 1.29 is 4.79 Å². The molecule has 0 radical (unpaired) electrons. The number of hydrogen-bond donors (Lipinski definition) is 1. The Labute approximate surface area is 109 Å². The smallest absolute Gasteiger partial charge is 0.224 e. The maximum Gasteiger partial charge on any atom is 0.224 e. The van der Waals surface area contributed by atoms with E-state index >= 15 is 0 Å². The highest BCUT2D eigenvalue weighted by atomic mass is 16.1. The van der Waals surface area contributed by atoms with Crippen LogP contribution < -0.4 is 10.2 Å². The topological polar surface area (TPSA) is 32.3 Å². The zero-order chi connectivity index (χ0) is 12.8. The monoisotopic (exact) mass is 246 g/mol. The molecule has 0 unspecified atom stereocenters. The SMILES string of the molecule is CCC(=O)Nc1ccccc1N1CCCCCC1. The number of rotatable bonds is 3. The van der Waals surface area contributed by atoms with E-state index in [1.807, 2.05) is 25.1 Å². The number of carbonyl (C=O) groups is 1. The largest absolute Gasteiger partial charge is 0.370 e. The number of para-hydroxylation sites is 2. The van der Waals surface area contributed by atoms with Gasteiger partial charge >= 0.3 is 0 Å². The van der Waals surface area contributed by atoms with Crippen LogP contribution in [-0.2, 0) is 4.79 Å². The third-order valence-electron chi connectivity index (χ3n) is 3.45. The van der Waals surface area contributed by atoms with E-state index in [9.17, 15) is 4.79 Å². The third kappa shape index (κ3) is 3.25. The first-order valence-electron chi connectivity index (χ1n) is 6.95. The van der Waals surface area contributed by atoms with Crippen LogP contribution in [0.5, 0.6) is 0 Å². The first-order chi connectivity index (χ1) is 8.81. The first kappa shape index (κ1) is 12.9. The molecule has 1 amide bonds. The van der Waals surface area contributed by atoms with Gasteiger partial charge in [0, 0.05) is 19.5 Å². The van der Waals surface area contributed by atoms with Crippen molar-refractivity contribution in [2.24, 2.45) is 0 Å². The van der Waals surface area contributed by atoms with Crippen molar-refractivity contribution in [3.63, 3.8) is 0 Å². The summed E-state index contributed by atoms with van der Waals surface area (Å²) in [6.45, 7) is 4.07. The molecule has 18 heavy (non-hydrogen) atoms. The fourth-order valence-electron chi connectivity index (χ4n) is 2.41. The Hall–Kier alpha value is -1.51. The number of hydrogen-bond acceptors (Lipinski definition) is 2. The summed E-state index contributed by atoms with van der Waals surface area (Å²) < 4.78 is 0. The second-order valence-electron chi connectivity index (χ2n) is 4.82. The van der Waals surface area contributed by atoms with E-state index in [2.05, 4.69) is 16.3 Å². The average molecular weight is 246 g/mol. The van der Waals surface area contributed by atoms with Gasteiger partial charge < -0.3 is 10.2 Å². The third-order valence-corrected chi connectivity index (χ3v) is 3.45. The molecule has 1 aromatic carbocycles. The molecular formula is C15H22N2O. The Balaban J connectivity index is 2.17. The molecule has 3 heteroatoms. The number of nitrogens with zero attached hydrogens (tertiary/aromatic N) is 1. The van der Waals surface area contributed by atoms with Crippen molar-refractivity contribution in [3.8, 4) is 0 Å². The number of anilines is 2. The van der Waals surface area contributed by atoms with Crippen molar-refractivity contribution in [2.75, 3.05) is 23.3 Å². The quantitative estimate of drug-likeness (QED) is 0.886. The molecule has 0 atom stereocenters. The number of amides is 1. The van der Waals surface area contributed by atoms with E-state index in [1.165, 1.54) is 31.4 Å². The molecule has 3 nitrogen and oxygen atoms in total. The molecule has 1 aromatic rings. The van der Waals surface area contributed by atoms with E-state index < -0.39 is 0 Å². The Morgan fingerprint density at radius 3 is 2.50 bits per heavy atom. The van der Waals surface area contributed by atoms with Crippen molar-refractivity contribution in [2.45, 2.75) is 39.0 Å². The van der Waals surface area contributed by atoms with Crippen LogP contribution in [0.15, 0.2) is 24.3 Å². The van der Waals surface area contributed by atoms with Gasteiger partial charge in [-0.25, -0.2) is 0 Å². The molecular weight excluding hydrogens is 224 g/mol. The standard InChI is InChI=1S/C15H22N2O/c1-2-15(18)16-13-9-5-6-10-14(13)17-11-7-3-4-8-12-17/h5-6,9-10H,2-4,7-8,11-12H2,1H3,(H,16,18). The predicted molar refractivity (Wildman–Crippen MR) is 76.0 cm³/mol. The molecule has 0 spiro atoms. The van der Waals surface area contributed by atoms with Crippen LogP contribution >= 0.6 is 0 Å². The van der Waals surface area contributed by atoms with Gasteiger partial charge in [0.2, 0.25) is 5.91 Å². The summed E-state index contributed by atoms with van der Waals surface area (Å²) in [6, 6.07) is 8.12. The van der Waals surface area contributed by atoms with E-state index in [0.29, 0.717) is 6.42 Å². The minimum absolute atomic E-state index is 0.0808. The lowest BCUT2D eigenvalue weighted by atomic mass is 10.2. The Morgan fingerprint density at radius 2 is 1.83 bits per heavy atom. The zero-order valence-corrected chi connectivity index (χ0v) is 11.1. The van der Waals surface area contributed by atoms with Crippen molar-refractivity contribution in [1.82, 2.24) is 0 Å². The van der Waals surface area contributed by atoms with Gasteiger partial charge in [0.25, 0.3) is 0 Å². The van der Waals surface area contributed by atoms with E-state index in [-0.39, 0.29) is 5.91 Å². The summed E-state index contributed by atoms with van der Waals surface area (Å²) >= 11 is 0. The van der Waals surface area contributed by atoms with Gasteiger partial charge in [0.05, 0.1) is 11.4 Å². The Morgan fingerprint density at radius 1 is 1.17 bits per heavy atom. The Kier molecular flexibility index (Phi) is 4.62. The van der Waals surface area contributed by atoms with Crippen molar-refractivity contribution >= 4 is 17.3 Å². The minimum Gasteiger partial charge on any atom is -0.370 e. The molecule has 1 saturated heterocycles. The number of carbonyl (C=O) groups excluding carboxylic acids is 1. The normalized spacial score (nSPS) is 16.2. The van der Waals surface area contributed by atoms with Crippen LogP contribution in [0, 0.1) is 0 Å². The Bertz CT molecular complexity index is 395. The minimum atomic E-state index is 0.0808. The lowest BCUT2D eigenvalue weighted by molar-refractivity contribution is -0.115. The molecule has 0 bridgehead atoms. The predicted octanol–water partition coefficient (Wildman–Crippen LogP) is 3.42. The molecule has 1 aliphatic rings. The van der Waals surface area contributed by atoms with Gasteiger partial charge in [-0.2, -0.15) is 0 Å². The van der Waals surface area contributed by atoms with Crippen LogP contribution in [0.25, 0.3) is 0 Å². The summed E-state index contributed by atoms with van der Waals surface area (Å²) in [7, 11) is 0. The van der Waals surface area contributed by atoms with Crippen molar-refractivity contribution in [3.05, 3.63) is 24.3 Å². The molecule has 0 aliphatic carbocycles. The highest BCUT2D eigenvalue weighted by Gasteiger charge is 2.13. The van der Waals surface area contributed by atoms with Gasteiger partial charge in [-0.1, -0.05) is 31.9 Å². The summed E-state index contributed by atoms with van der Waals surface area (Å²) in [5.74, 6) is 0.0808. The molecule has 98 valence electrons. The lowest BCUT2D eigenvalue weighted by Gasteiger charge is -2.25. The van der Waals surface area contributed by atoms with Gasteiger partial charge in [0.1, 0.15) is 0 Å². The van der Waals surface area contributed by atoms with Crippen LogP contribution in [-0.4, -0.2) is 19.0 Å². The maximum absolute atomic E-state index is 11.6. The fourth-order valence-corrected chi connectivity index (χ4v) is 2.41. The zero-order valence-electron chi connectivity index (χ0n) is 11.1. The maximum atomic E-state index is 11.6.